The molecule has 1 aromatic carbocycles. The Balaban J connectivity index is 1.68. The highest BCUT2D eigenvalue weighted by Gasteiger charge is 2.27. The molecule has 0 bridgehead atoms. The van der Waals surface area contributed by atoms with Crippen LogP contribution in [0.15, 0.2) is 34.7 Å². The van der Waals surface area contributed by atoms with Crippen molar-refractivity contribution in [3.63, 3.8) is 0 Å². The summed E-state index contributed by atoms with van der Waals surface area (Å²) in [6, 6.07) is 9.14. The van der Waals surface area contributed by atoms with Gasteiger partial charge in [0.15, 0.2) is 5.76 Å². The van der Waals surface area contributed by atoms with Crippen LogP contribution in [0.2, 0.25) is 0 Å². The van der Waals surface area contributed by atoms with Gasteiger partial charge in [0.05, 0.1) is 5.56 Å². The fraction of sp³-hybridized carbons (Fsp3) is 0.263. The molecule has 1 aliphatic carbocycles. The first kappa shape index (κ1) is 15.9. The maximum atomic E-state index is 12.6. The Morgan fingerprint density at radius 2 is 2.12 bits per heavy atom. The van der Waals surface area contributed by atoms with Crippen LogP contribution in [-0.2, 0) is 12.8 Å². The lowest BCUT2D eigenvalue weighted by Crippen LogP contribution is -2.19. The van der Waals surface area contributed by atoms with E-state index in [1.54, 1.807) is 6.07 Å². The number of amides is 2. The summed E-state index contributed by atoms with van der Waals surface area (Å²) in [6.07, 6.45) is 2.77. The van der Waals surface area contributed by atoms with E-state index >= 15 is 0 Å². The summed E-state index contributed by atoms with van der Waals surface area (Å²) in [6.45, 7) is 2.19. The van der Waals surface area contributed by atoms with Crippen molar-refractivity contribution in [1.82, 2.24) is 0 Å². The Hall–Kier alpha value is -2.60. The second-order valence-corrected chi connectivity index (χ2v) is 7.63. The molecular weight excluding hydrogens is 336 g/mol. The third kappa shape index (κ3) is 2.82. The Morgan fingerprint density at radius 1 is 1.32 bits per heavy atom. The molecule has 3 N–H and O–H groups in total. The van der Waals surface area contributed by atoms with Gasteiger partial charge in [0, 0.05) is 10.3 Å². The van der Waals surface area contributed by atoms with Crippen molar-refractivity contribution >= 4 is 39.1 Å². The zero-order valence-corrected chi connectivity index (χ0v) is 14.6. The van der Waals surface area contributed by atoms with Crippen molar-refractivity contribution in [2.24, 2.45) is 11.7 Å². The number of anilines is 1. The molecule has 0 fully saturated rings. The molecule has 3 aromatic rings. The monoisotopic (exact) mass is 354 g/mol. The maximum absolute atomic E-state index is 12.6. The van der Waals surface area contributed by atoms with Gasteiger partial charge in [-0.3, -0.25) is 9.59 Å². The van der Waals surface area contributed by atoms with Gasteiger partial charge in [-0.1, -0.05) is 25.1 Å². The average molecular weight is 354 g/mol. The number of rotatable bonds is 3. The number of nitrogens with one attached hydrogen (secondary N) is 1. The summed E-state index contributed by atoms with van der Waals surface area (Å²) in [7, 11) is 0. The molecule has 25 heavy (non-hydrogen) atoms. The minimum Gasteiger partial charge on any atom is -0.451 e. The lowest BCUT2D eigenvalue weighted by molar-refractivity contribution is 0.0999. The molecule has 0 aliphatic heterocycles. The van der Waals surface area contributed by atoms with Crippen molar-refractivity contribution in [3.05, 3.63) is 52.1 Å². The van der Waals surface area contributed by atoms with Crippen LogP contribution in [-0.4, -0.2) is 11.8 Å². The highest BCUT2D eigenvalue weighted by Crippen LogP contribution is 2.39. The molecule has 6 heteroatoms. The van der Waals surface area contributed by atoms with Gasteiger partial charge in [-0.25, -0.2) is 0 Å². The number of fused-ring (bicyclic) bond motifs is 2. The highest BCUT2D eigenvalue weighted by atomic mass is 32.1. The number of benzene rings is 1. The molecule has 0 saturated carbocycles. The first-order valence-corrected chi connectivity index (χ1v) is 9.09. The third-order valence-corrected chi connectivity index (χ3v) is 5.80. The van der Waals surface area contributed by atoms with E-state index < -0.39 is 5.91 Å². The molecule has 1 aliphatic rings. The lowest BCUT2D eigenvalue weighted by atomic mass is 9.88. The second-order valence-electron chi connectivity index (χ2n) is 6.52. The predicted octanol–water partition coefficient (Wildman–Crippen LogP) is 3.97. The number of carbonyl (C=O) groups excluding carboxylic acids is 2. The van der Waals surface area contributed by atoms with Crippen molar-refractivity contribution in [3.8, 4) is 0 Å². The van der Waals surface area contributed by atoms with E-state index in [0.29, 0.717) is 22.1 Å². The first-order chi connectivity index (χ1) is 12.0. The standard InChI is InChI=1S/C19H18N2O3S/c1-10-6-7-12-15(8-10)25-19(16(12)17(20)22)21-18(23)14-9-11-4-2-3-5-13(11)24-14/h2-5,9-10H,6-8H2,1H3,(H2,20,22)(H,21,23). The van der Waals surface area contributed by atoms with Gasteiger partial charge in [-0.2, -0.15) is 0 Å². The van der Waals surface area contributed by atoms with Crippen LogP contribution in [0.5, 0.6) is 0 Å². The smallest absolute Gasteiger partial charge is 0.292 e. The Labute approximate surface area is 148 Å². The van der Waals surface area contributed by atoms with E-state index in [1.807, 2.05) is 24.3 Å². The number of primary amides is 1. The number of nitrogens with two attached hydrogens (primary N) is 1. The molecule has 5 nitrogen and oxygen atoms in total. The number of para-hydroxylation sites is 1. The Kier molecular flexibility index (Phi) is 3.84. The zero-order chi connectivity index (χ0) is 17.6. The van der Waals surface area contributed by atoms with Crippen molar-refractivity contribution in [2.45, 2.75) is 26.2 Å². The normalized spacial score (nSPS) is 16.6. The van der Waals surface area contributed by atoms with Gasteiger partial charge in [0.25, 0.3) is 11.8 Å². The maximum Gasteiger partial charge on any atom is 0.292 e. The van der Waals surface area contributed by atoms with Gasteiger partial charge >= 0.3 is 0 Å². The van der Waals surface area contributed by atoms with Gasteiger partial charge in [-0.05, 0) is 42.9 Å². The van der Waals surface area contributed by atoms with Crippen LogP contribution in [0.1, 0.15) is 44.7 Å². The van der Waals surface area contributed by atoms with Crippen LogP contribution < -0.4 is 11.1 Å². The quantitative estimate of drug-likeness (QED) is 0.746. The first-order valence-electron chi connectivity index (χ1n) is 8.27. The molecule has 128 valence electrons. The zero-order valence-electron chi connectivity index (χ0n) is 13.8. The van der Waals surface area contributed by atoms with Crippen molar-refractivity contribution < 1.29 is 14.0 Å². The van der Waals surface area contributed by atoms with Gasteiger partial charge < -0.3 is 15.5 Å². The molecule has 0 spiro atoms. The summed E-state index contributed by atoms with van der Waals surface area (Å²) >= 11 is 1.45. The van der Waals surface area contributed by atoms with E-state index in [-0.39, 0.29) is 11.7 Å². The van der Waals surface area contributed by atoms with E-state index in [2.05, 4.69) is 12.2 Å². The topological polar surface area (TPSA) is 85.3 Å². The minimum absolute atomic E-state index is 0.219. The van der Waals surface area contributed by atoms with E-state index in [1.165, 1.54) is 11.3 Å². The van der Waals surface area contributed by atoms with E-state index in [4.69, 9.17) is 10.2 Å². The van der Waals surface area contributed by atoms with Gasteiger partial charge in [0.2, 0.25) is 0 Å². The Morgan fingerprint density at radius 3 is 2.88 bits per heavy atom. The molecule has 0 radical (unpaired) electrons. The summed E-state index contributed by atoms with van der Waals surface area (Å²) < 4.78 is 5.60. The second kappa shape index (κ2) is 6.04. The number of carbonyl (C=O) groups is 2. The largest absolute Gasteiger partial charge is 0.451 e. The molecule has 1 unspecified atom stereocenters. The molecule has 2 aromatic heterocycles. The van der Waals surface area contributed by atoms with Crippen LogP contribution >= 0.6 is 11.3 Å². The summed E-state index contributed by atoms with van der Waals surface area (Å²) in [4.78, 5) is 25.7. The molecule has 1 atom stereocenters. The summed E-state index contributed by atoms with van der Waals surface area (Å²) in [5.41, 5.74) is 7.69. The molecule has 4 rings (SSSR count). The lowest BCUT2D eigenvalue weighted by Gasteiger charge is -2.18. The SMILES string of the molecule is CC1CCc2c(sc(NC(=O)c3cc4ccccc4o3)c2C(N)=O)C1. The molecule has 2 heterocycles. The van der Waals surface area contributed by atoms with Crippen LogP contribution in [0.3, 0.4) is 0 Å². The number of thiophene rings is 1. The predicted molar refractivity (Wildman–Crippen MR) is 98.2 cm³/mol. The average Bonchev–Trinajstić information content (AvgIpc) is 3.15. The molecule has 2 amide bonds. The van der Waals surface area contributed by atoms with Crippen molar-refractivity contribution in [2.75, 3.05) is 5.32 Å². The fourth-order valence-corrected chi connectivity index (χ4v) is 4.77. The Bertz CT molecular complexity index is 953. The number of hydrogen-bond donors (Lipinski definition) is 2. The highest BCUT2D eigenvalue weighted by molar-refractivity contribution is 7.17. The third-order valence-electron chi connectivity index (χ3n) is 4.63. The molecular formula is C19H18N2O3S. The number of hydrogen-bond acceptors (Lipinski definition) is 4. The molecule has 0 saturated heterocycles. The minimum atomic E-state index is -0.494. The van der Waals surface area contributed by atoms with E-state index in [9.17, 15) is 9.59 Å². The summed E-state index contributed by atoms with van der Waals surface area (Å²) in [5, 5.41) is 4.21. The van der Waals surface area contributed by atoms with Gasteiger partial charge in [0.1, 0.15) is 10.6 Å². The fourth-order valence-electron chi connectivity index (χ4n) is 3.36. The summed E-state index contributed by atoms with van der Waals surface area (Å²) in [5.74, 6) is -0.0699. The van der Waals surface area contributed by atoms with Crippen LogP contribution in [0.4, 0.5) is 5.00 Å². The number of furan rings is 1. The van der Waals surface area contributed by atoms with Crippen LogP contribution in [0, 0.1) is 5.92 Å². The van der Waals surface area contributed by atoms with Crippen molar-refractivity contribution in [1.29, 1.82) is 0 Å². The van der Waals surface area contributed by atoms with Gasteiger partial charge in [-0.15, -0.1) is 11.3 Å². The van der Waals surface area contributed by atoms with E-state index in [0.717, 1.165) is 35.1 Å². The van der Waals surface area contributed by atoms with Crippen LogP contribution in [0.25, 0.3) is 11.0 Å².